The molecule has 1 aromatic heterocycles. The molecule has 2 rings (SSSR count). The molecular weight excluding hydrogens is 252 g/mol. The SMILES string of the molecule is CC(C)CC1(CNc2ccncc2C(=O)O)CCCC1. The highest BCUT2D eigenvalue weighted by Crippen LogP contribution is 2.43. The lowest BCUT2D eigenvalue weighted by Crippen LogP contribution is -2.29. The first-order valence-electron chi connectivity index (χ1n) is 7.44. The van der Waals surface area contributed by atoms with Crippen molar-refractivity contribution in [1.29, 1.82) is 0 Å². The van der Waals surface area contributed by atoms with Crippen LogP contribution in [0.15, 0.2) is 18.5 Å². The molecule has 0 amide bonds. The maximum absolute atomic E-state index is 11.2. The minimum absolute atomic E-state index is 0.255. The van der Waals surface area contributed by atoms with Gasteiger partial charge in [-0.25, -0.2) is 4.79 Å². The molecule has 110 valence electrons. The molecule has 0 atom stereocenters. The van der Waals surface area contributed by atoms with Crippen LogP contribution >= 0.6 is 0 Å². The van der Waals surface area contributed by atoms with Crippen molar-refractivity contribution in [2.75, 3.05) is 11.9 Å². The lowest BCUT2D eigenvalue weighted by atomic mass is 9.78. The summed E-state index contributed by atoms with van der Waals surface area (Å²) in [4.78, 5) is 15.1. The number of carbonyl (C=O) groups is 1. The Morgan fingerprint density at radius 1 is 1.45 bits per heavy atom. The van der Waals surface area contributed by atoms with E-state index in [1.165, 1.54) is 38.3 Å². The van der Waals surface area contributed by atoms with Crippen LogP contribution in [0.3, 0.4) is 0 Å². The number of hydrogen-bond acceptors (Lipinski definition) is 3. The monoisotopic (exact) mass is 276 g/mol. The highest BCUT2D eigenvalue weighted by Gasteiger charge is 2.34. The molecule has 1 fully saturated rings. The van der Waals surface area contributed by atoms with Crippen molar-refractivity contribution in [3.8, 4) is 0 Å². The second-order valence-electron chi connectivity index (χ2n) is 6.39. The molecule has 0 bridgehead atoms. The zero-order valence-electron chi connectivity index (χ0n) is 12.4. The molecule has 4 nitrogen and oxygen atoms in total. The second kappa shape index (κ2) is 6.25. The van der Waals surface area contributed by atoms with E-state index in [1.54, 1.807) is 12.3 Å². The maximum Gasteiger partial charge on any atom is 0.339 e. The van der Waals surface area contributed by atoms with Crippen LogP contribution in [0.2, 0.25) is 0 Å². The normalized spacial score (nSPS) is 17.4. The Bertz CT molecular complexity index is 465. The van der Waals surface area contributed by atoms with E-state index in [9.17, 15) is 9.90 Å². The lowest BCUT2D eigenvalue weighted by Gasteiger charge is -2.31. The molecule has 1 aliphatic rings. The summed E-state index contributed by atoms with van der Waals surface area (Å²) in [6.45, 7) is 5.37. The van der Waals surface area contributed by atoms with E-state index in [2.05, 4.69) is 24.1 Å². The van der Waals surface area contributed by atoms with Crippen molar-refractivity contribution in [3.05, 3.63) is 24.0 Å². The number of aromatic carboxylic acids is 1. The van der Waals surface area contributed by atoms with E-state index in [0.717, 1.165) is 6.54 Å². The molecule has 1 saturated carbocycles. The lowest BCUT2D eigenvalue weighted by molar-refractivity contribution is 0.0697. The molecule has 20 heavy (non-hydrogen) atoms. The average molecular weight is 276 g/mol. The molecule has 1 aromatic rings. The average Bonchev–Trinajstić information content (AvgIpc) is 2.84. The van der Waals surface area contributed by atoms with Gasteiger partial charge in [0.15, 0.2) is 0 Å². The van der Waals surface area contributed by atoms with Crippen LogP contribution in [-0.2, 0) is 0 Å². The molecular formula is C16H24N2O2. The van der Waals surface area contributed by atoms with Crippen LogP contribution in [-0.4, -0.2) is 22.6 Å². The van der Waals surface area contributed by atoms with Crippen LogP contribution in [0.1, 0.15) is 56.3 Å². The highest BCUT2D eigenvalue weighted by molar-refractivity contribution is 5.93. The van der Waals surface area contributed by atoms with Gasteiger partial charge in [0, 0.05) is 18.9 Å². The Labute approximate surface area is 120 Å². The number of aromatic nitrogens is 1. The summed E-state index contributed by atoms with van der Waals surface area (Å²) >= 11 is 0. The fraction of sp³-hybridized carbons (Fsp3) is 0.625. The topological polar surface area (TPSA) is 62.2 Å². The molecule has 1 heterocycles. The van der Waals surface area contributed by atoms with Gasteiger partial charge in [0.2, 0.25) is 0 Å². The summed E-state index contributed by atoms with van der Waals surface area (Å²) in [5.74, 6) is -0.254. The number of carboxylic acid groups (broad SMARTS) is 1. The first-order chi connectivity index (χ1) is 9.52. The minimum Gasteiger partial charge on any atom is -0.478 e. The smallest absolute Gasteiger partial charge is 0.339 e. The Kier molecular flexibility index (Phi) is 4.63. The number of pyridine rings is 1. The van der Waals surface area contributed by atoms with Gasteiger partial charge in [0.25, 0.3) is 0 Å². The number of carboxylic acids is 1. The number of anilines is 1. The molecule has 0 radical (unpaired) electrons. The van der Waals surface area contributed by atoms with Gasteiger partial charge in [0.1, 0.15) is 5.56 Å². The van der Waals surface area contributed by atoms with Crippen LogP contribution in [0.4, 0.5) is 5.69 Å². The fourth-order valence-electron chi connectivity index (χ4n) is 3.45. The van der Waals surface area contributed by atoms with E-state index in [4.69, 9.17) is 0 Å². The predicted octanol–water partition coefficient (Wildman–Crippen LogP) is 3.80. The molecule has 0 saturated heterocycles. The van der Waals surface area contributed by atoms with Gasteiger partial charge in [-0.3, -0.25) is 4.98 Å². The number of rotatable bonds is 6. The molecule has 0 spiro atoms. The van der Waals surface area contributed by atoms with Gasteiger partial charge >= 0.3 is 5.97 Å². The van der Waals surface area contributed by atoms with Gasteiger partial charge in [-0.15, -0.1) is 0 Å². The van der Waals surface area contributed by atoms with Crippen LogP contribution < -0.4 is 5.32 Å². The molecule has 1 aliphatic carbocycles. The third-order valence-electron chi connectivity index (χ3n) is 4.21. The van der Waals surface area contributed by atoms with Crippen LogP contribution in [0, 0.1) is 11.3 Å². The highest BCUT2D eigenvalue weighted by atomic mass is 16.4. The predicted molar refractivity (Wildman–Crippen MR) is 80.0 cm³/mol. The van der Waals surface area contributed by atoms with E-state index < -0.39 is 5.97 Å². The molecule has 2 N–H and O–H groups in total. The van der Waals surface area contributed by atoms with Crippen molar-refractivity contribution >= 4 is 11.7 Å². The van der Waals surface area contributed by atoms with Gasteiger partial charge in [0.05, 0.1) is 5.69 Å². The number of nitrogens with zero attached hydrogens (tertiary/aromatic N) is 1. The second-order valence-corrected chi connectivity index (χ2v) is 6.39. The largest absolute Gasteiger partial charge is 0.478 e. The Hall–Kier alpha value is -1.58. The van der Waals surface area contributed by atoms with E-state index in [0.29, 0.717) is 17.0 Å². The third kappa shape index (κ3) is 3.50. The fourth-order valence-corrected chi connectivity index (χ4v) is 3.45. The molecule has 0 unspecified atom stereocenters. The van der Waals surface area contributed by atoms with Crippen LogP contribution in [0.25, 0.3) is 0 Å². The molecule has 0 aromatic carbocycles. The Morgan fingerprint density at radius 3 is 2.75 bits per heavy atom. The standard InChI is InChI=1S/C16H24N2O2/c1-12(2)9-16(6-3-4-7-16)11-18-14-5-8-17-10-13(14)15(19)20/h5,8,10,12H,3-4,6-7,9,11H2,1-2H3,(H,17,18)(H,19,20). The summed E-state index contributed by atoms with van der Waals surface area (Å²) in [6, 6.07) is 1.75. The molecule has 0 aliphatic heterocycles. The summed E-state index contributed by atoms with van der Waals surface area (Å²) in [5, 5.41) is 12.5. The Balaban J connectivity index is 2.08. The summed E-state index contributed by atoms with van der Waals surface area (Å²) in [6.07, 6.45) is 9.31. The van der Waals surface area contributed by atoms with Crippen molar-refractivity contribution in [2.45, 2.75) is 46.0 Å². The van der Waals surface area contributed by atoms with E-state index in [-0.39, 0.29) is 5.56 Å². The van der Waals surface area contributed by atoms with Crippen molar-refractivity contribution in [3.63, 3.8) is 0 Å². The Morgan fingerprint density at radius 2 is 2.15 bits per heavy atom. The summed E-state index contributed by atoms with van der Waals surface area (Å²) in [7, 11) is 0. The number of hydrogen-bond donors (Lipinski definition) is 2. The summed E-state index contributed by atoms with van der Waals surface area (Å²) in [5.41, 5.74) is 1.26. The first-order valence-corrected chi connectivity index (χ1v) is 7.44. The van der Waals surface area contributed by atoms with Crippen molar-refractivity contribution < 1.29 is 9.90 Å². The van der Waals surface area contributed by atoms with Crippen LogP contribution in [0.5, 0.6) is 0 Å². The van der Waals surface area contributed by atoms with E-state index >= 15 is 0 Å². The minimum atomic E-state index is -0.926. The van der Waals surface area contributed by atoms with Gasteiger partial charge in [-0.1, -0.05) is 26.7 Å². The maximum atomic E-state index is 11.2. The zero-order valence-corrected chi connectivity index (χ0v) is 12.4. The van der Waals surface area contributed by atoms with E-state index in [1.807, 2.05) is 0 Å². The van der Waals surface area contributed by atoms with Crippen molar-refractivity contribution in [1.82, 2.24) is 4.98 Å². The summed E-state index contributed by atoms with van der Waals surface area (Å²) < 4.78 is 0. The van der Waals surface area contributed by atoms with Gasteiger partial charge in [-0.2, -0.15) is 0 Å². The van der Waals surface area contributed by atoms with Gasteiger partial charge < -0.3 is 10.4 Å². The quantitative estimate of drug-likeness (QED) is 0.829. The molecule has 4 heteroatoms. The first kappa shape index (κ1) is 14.8. The third-order valence-corrected chi connectivity index (χ3v) is 4.21. The van der Waals surface area contributed by atoms with Crippen molar-refractivity contribution in [2.24, 2.45) is 11.3 Å². The zero-order chi connectivity index (χ0) is 14.6. The number of nitrogens with one attached hydrogen (secondary N) is 1. The van der Waals surface area contributed by atoms with Gasteiger partial charge in [-0.05, 0) is 36.7 Å².